The molecule has 1 rings (SSSR count). The number of halogens is 2. The number of nitrogens with zero attached hydrogens (tertiary/aromatic N) is 1. The van der Waals surface area contributed by atoms with E-state index in [4.69, 9.17) is 0 Å². The number of pyridine rings is 1. The predicted molar refractivity (Wildman–Crippen MR) is 38.7 cm³/mol. The van der Waals surface area contributed by atoms with E-state index in [1.807, 2.05) is 4.98 Å². The van der Waals surface area contributed by atoms with Crippen LogP contribution in [0.2, 0.25) is 0 Å². The van der Waals surface area contributed by atoms with Gasteiger partial charge in [-0.25, -0.2) is 13.8 Å². The van der Waals surface area contributed by atoms with Crippen molar-refractivity contribution in [1.29, 1.82) is 0 Å². The fourth-order valence-corrected chi connectivity index (χ4v) is 0.842. The van der Waals surface area contributed by atoms with Crippen LogP contribution in [-0.2, 0) is 0 Å². The Bertz CT molecular complexity index is 388. The fraction of sp³-hybridized carbons (Fsp3) is 0.167. The molecule has 70 valence electrons. The molecular formula is C6H4F2N2O3. The molecule has 13 heavy (non-hydrogen) atoms. The highest BCUT2D eigenvalue weighted by atomic mass is 19.3. The van der Waals surface area contributed by atoms with E-state index in [2.05, 4.69) is 0 Å². The molecule has 0 amide bonds. The molecule has 0 aliphatic carbocycles. The molecule has 1 N–H and O–H groups in total. The normalized spacial score (nSPS) is 10.4. The van der Waals surface area contributed by atoms with Crippen molar-refractivity contribution in [2.45, 2.75) is 6.43 Å². The molecule has 0 radical (unpaired) electrons. The molecule has 0 aliphatic heterocycles. The largest absolute Gasteiger partial charge is 0.358 e. The SMILES string of the molecule is O=c1cc[nH]c([N+](=O)[O-])c1C(F)F. The zero-order chi connectivity index (χ0) is 10.0. The Morgan fingerprint density at radius 2 is 2.15 bits per heavy atom. The minimum Gasteiger partial charge on any atom is -0.358 e. The molecule has 0 atom stereocenters. The van der Waals surface area contributed by atoms with Crippen molar-refractivity contribution in [3.05, 3.63) is 38.2 Å². The van der Waals surface area contributed by atoms with E-state index in [1.165, 1.54) is 0 Å². The van der Waals surface area contributed by atoms with Crippen LogP contribution in [0.1, 0.15) is 12.0 Å². The molecule has 5 nitrogen and oxygen atoms in total. The van der Waals surface area contributed by atoms with Gasteiger partial charge in [0.2, 0.25) is 0 Å². The second-order valence-corrected chi connectivity index (χ2v) is 2.16. The summed E-state index contributed by atoms with van der Waals surface area (Å²) in [5, 5.41) is 10.2. The van der Waals surface area contributed by atoms with Gasteiger partial charge in [-0.05, 0) is 4.92 Å². The molecule has 0 saturated carbocycles. The topological polar surface area (TPSA) is 76.0 Å². The smallest absolute Gasteiger partial charge is 0.333 e. The number of H-pyrrole nitrogens is 1. The predicted octanol–water partition coefficient (Wildman–Crippen LogP) is 1.22. The average molecular weight is 190 g/mol. The molecular weight excluding hydrogens is 186 g/mol. The van der Waals surface area contributed by atoms with Gasteiger partial charge in [-0.15, -0.1) is 0 Å². The zero-order valence-electron chi connectivity index (χ0n) is 6.16. The summed E-state index contributed by atoms with van der Waals surface area (Å²) in [4.78, 5) is 21.9. The van der Waals surface area contributed by atoms with Gasteiger partial charge in [-0.2, -0.15) is 0 Å². The second kappa shape index (κ2) is 3.30. The summed E-state index contributed by atoms with van der Waals surface area (Å²) < 4.78 is 24.2. The molecule has 0 aromatic carbocycles. The lowest BCUT2D eigenvalue weighted by Crippen LogP contribution is -2.12. The molecule has 0 bridgehead atoms. The van der Waals surface area contributed by atoms with Gasteiger partial charge in [0, 0.05) is 6.07 Å². The maximum atomic E-state index is 12.1. The lowest BCUT2D eigenvalue weighted by atomic mass is 10.2. The zero-order valence-corrected chi connectivity index (χ0v) is 6.16. The van der Waals surface area contributed by atoms with Crippen LogP contribution < -0.4 is 5.43 Å². The number of hydrogen-bond donors (Lipinski definition) is 1. The summed E-state index contributed by atoms with van der Waals surface area (Å²) in [6, 6.07) is 0.814. The van der Waals surface area contributed by atoms with Crippen molar-refractivity contribution in [3.8, 4) is 0 Å². The van der Waals surface area contributed by atoms with Crippen LogP contribution in [0.15, 0.2) is 17.1 Å². The molecule has 0 unspecified atom stereocenters. The summed E-state index contributed by atoms with van der Waals surface area (Å²) in [6.45, 7) is 0. The van der Waals surface area contributed by atoms with Crippen molar-refractivity contribution in [3.63, 3.8) is 0 Å². The Kier molecular flexibility index (Phi) is 2.36. The summed E-state index contributed by atoms with van der Waals surface area (Å²) in [7, 11) is 0. The van der Waals surface area contributed by atoms with Gasteiger partial charge in [-0.1, -0.05) is 0 Å². The van der Waals surface area contributed by atoms with E-state index in [9.17, 15) is 23.7 Å². The number of nitro groups is 1. The lowest BCUT2D eigenvalue weighted by Gasteiger charge is -2.00. The Morgan fingerprint density at radius 3 is 2.54 bits per heavy atom. The van der Waals surface area contributed by atoms with Gasteiger partial charge < -0.3 is 10.1 Å². The van der Waals surface area contributed by atoms with Gasteiger partial charge in [0.15, 0.2) is 11.0 Å². The highest BCUT2D eigenvalue weighted by molar-refractivity contribution is 5.32. The van der Waals surface area contributed by atoms with Crippen molar-refractivity contribution >= 4 is 5.82 Å². The summed E-state index contributed by atoms with van der Waals surface area (Å²) in [5.74, 6) is -0.956. The Balaban J connectivity index is 3.43. The van der Waals surface area contributed by atoms with Crippen LogP contribution in [-0.4, -0.2) is 9.91 Å². The molecule has 1 heterocycles. The van der Waals surface area contributed by atoms with Crippen LogP contribution in [0.25, 0.3) is 0 Å². The van der Waals surface area contributed by atoms with Crippen molar-refractivity contribution < 1.29 is 13.7 Å². The molecule has 7 heteroatoms. The number of nitrogens with one attached hydrogen (secondary N) is 1. The maximum absolute atomic E-state index is 12.1. The first-order chi connectivity index (χ1) is 6.04. The average Bonchev–Trinajstić information content (AvgIpc) is 2.02. The third-order valence-electron chi connectivity index (χ3n) is 1.38. The minimum absolute atomic E-state index is 0.814. The molecule has 0 aliphatic rings. The molecule has 1 aromatic heterocycles. The van der Waals surface area contributed by atoms with Gasteiger partial charge >= 0.3 is 5.82 Å². The van der Waals surface area contributed by atoms with E-state index < -0.39 is 28.2 Å². The van der Waals surface area contributed by atoms with E-state index in [0.717, 1.165) is 12.3 Å². The highest BCUT2D eigenvalue weighted by Gasteiger charge is 2.23. The quantitative estimate of drug-likeness (QED) is 0.562. The van der Waals surface area contributed by atoms with Crippen molar-refractivity contribution in [2.24, 2.45) is 0 Å². The first kappa shape index (κ1) is 9.30. The van der Waals surface area contributed by atoms with Crippen LogP contribution in [0.5, 0.6) is 0 Å². The lowest BCUT2D eigenvalue weighted by molar-refractivity contribution is -0.391. The third-order valence-corrected chi connectivity index (χ3v) is 1.38. The first-order valence-corrected chi connectivity index (χ1v) is 3.18. The molecule has 1 aromatic rings. The number of aromatic amines is 1. The Labute approximate surface area is 70.2 Å². The number of hydrogen-bond acceptors (Lipinski definition) is 3. The van der Waals surface area contributed by atoms with Crippen LogP contribution >= 0.6 is 0 Å². The second-order valence-electron chi connectivity index (χ2n) is 2.16. The number of rotatable bonds is 2. The maximum Gasteiger partial charge on any atom is 0.333 e. The van der Waals surface area contributed by atoms with Gasteiger partial charge in [0.1, 0.15) is 0 Å². The summed E-state index contributed by atoms with van der Waals surface area (Å²) >= 11 is 0. The third kappa shape index (κ3) is 1.68. The summed E-state index contributed by atoms with van der Waals surface area (Å²) in [6.07, 6.45) is -2.20. The Hall–Kier alpha value is -1.79. The van der Waals surface area contributed by atoms with Gasteiger partial charge in [-0.3, -0.25) is 4.79 Å². The number of aromatic nitrogens is 1. The van der Waals surface area contributed by atoms with Crippen LogP contribution in [0, 0.1) is 10.1 Å². The van der Waals surface area contributed by atoms with Crippen LogP contribution in [0.3, 0.4) is 0 Å². The van der Waals surface area contributed by atoms with Crippen molar-refractivity contribution in [2.75, 3.05) is 0 Å². The monoisotopic (exact) mass is 190 g/mol. The number of alkyl halides is 2. The summed E-state index contributed by atoms with van der Waals surface area (Å²) in [5.41, 5.74) is -2.15. The van der Waals surface area contributed by atoms with Gasteiger partial charge in [0.25, 0.3) is 6.43 Å². The minimum atomic E-state index is -3.15. The fourth-order valence-electron chi connectivity index (χ4n) is 0.842. The molecule has 0 spiro atoms. The Morgan fingerprint density at radius 1 is 1.54 bits per heavy atom. The highest BCUT2D eigenvalue weighted by Crippen LogP contribution is 2.22. The van der Waals surface area contributed by atoms with E-state index in [1.54, 1.807) is 0 Å². The van der Waals surface area contributed by atoms with E-state index in [-0.39, 0.29) is 0 Å². The van der Waals surface area contributed by atoms with Gasteiger partial charge in [0.05, 0.1) is 6.20 Å². The first-order valence-electron chi connectivity index (χ1n) is 3.18. The standard InChI is InChI=1S/C6H4F2N2O3/c7-5(8)4-3(11)1-2-9-6(4)10(12)13/h1-2,5H,(H,9,11). The van der Waals surface area contributed by atoms with Crippen molar-refractivity contribution in [1.82, 2.24) is 4.98 Å². The van der Waals surface area contributed by atoms with E-state index >= 15 is 0 Å². The van der Waals surface area contributed by atoms with Crippen LogP contribution in [0.4, 0.5) is 14.6 Å². The molecule has 0 fully saturated rings. The van der Waals surface area contributed by atoms with E-state index in [0.29, 0.717) is 0 Å². The molecule has 0 saturated heterocycles.